The standard InChI is InChI=1S/C20H21F5N4O4/c1-10-6-13(7-16(26-10)28-12(3)30)11(2)27-18(31)14-4-5-17(33-9-20(23,24)25)29-19(14)32-8-15(21)22/h4-7,11,15H,8-9H2,1-3H3,(H,27,31)(H,26,28,30). The number of halogens is 5. The Bertz CT molecular complexity index is 1000. The molecule has 1 unspecified atom stereocenters. The smallest absolute Gasteiger partial charge is 0.422 e. The number of pyridine rings is 2. The van der Waals surface area contributed by atoms with E-state index in [0.717, 1.165) is 12.1 Å². The number of carbonyl (C=O) groups excluding carboxylic acids is 2. The molecule has 13 heteroatoms. The first-order valence-corrected chi connectivity index (χ1v) is 9.52. The molecule has 33 heavy (non-hydrogen) atoms. The average Bonchev–Trinajstić information content (AvgIpc) is 2.69. The molecule has 2 amide bonds. The summed E-state index contributed by atoms with van der Waals surface area (Å²) in [5.74, 6) is -2.00. The number of aromatic nitrogens is 2. The summed E-state index contributed by atoms with van der Waals surface area (Å²) in [6.45, 7) is 1.83. The van der Waals surface area contributed by atoms with E-state index in [-0.39, 0.29) is 17.3 Å². The molecule has 0 saturated heterocycles. The Kier molecular flexibility index (Phi) is 8.49. The highest BCUT2D eigenvalue weighted by atomic mass is 19.4. The van der Waals surface area contributed by atoms with Crippen LogP contribution in [0.1, 0.15) is 41.5 Å². The van der Waals surface area contributed by atoms with E-state index in [9.17, 15) is 31.5 Å². The van der Waals surface area contributed by atoms with Gasteiger partial charge in [-0.3, -0.25) is 9.59 Å². The maximum absolute atomic E-state index is 12.7. The molecule has 8 nitrogen and oxygen atoms in total. The van der Waals surface area contributed by atoms with Crippen LogP contribution in [0.2, 0.25) is 0 Å². The number of anilines is 1. The topological polar surface area (TPSA) is 102 Å². The van der Waals surface area contributed by atoms with E-state index in [4.69, 9.17) is 4.74 Å². The third-order valence-electron chi connectivity index (χ3n) is 3.94. The molecule has 0 spiro atoms. The Labute approximate surface area is 185 Å². The first-order chi connectivity index (χ1) is 15.3. The molecule has 0 aliphatic heterocycles. The molecule has 0 bridgehead atoms. The number of amides is 2. The lowest BCUT2D eigenvalue weighted by molar-refractivity contribution is -0.154. The van der Waals surface area contributed by atoms with Crippen molar-refractivity contribution in [2.45, 2.75) is 39.4 Å². The van der Waals surface area contributed by atoms with Crippen LogP contribution < -0.4 is 20.1 Å². The van der Waals surface area contributed by atoms with Crippen molar-refractivity contribution in [3.05, 3.63) is 41.1 Å². The quantitative estimate of drug-likeness (QED) is 0.534. The number of nitrogens with one attached hydrogen (secondary N) is 2. The van der Waals surface area contributed by atoms with Gasteiger partial charge in [-0.15, -0.1) is 0 Å². The number of hydrogen-bond acceptors (Lipinski definition) is 6. The molecule has 0 aliphatic rings. The van der Waals surface area contributed by atoms with Gasteiger partial charge in [0, 0.05) is 18.7 Å². The van der Waals surface area contributed by atoms with Crippen molar-refractivity contribution in [2.75, 3.05) is 18.5 Å². The third kappa shape index (κ3) is 8.50. The second kappa shape index (κ2) is 10.9. The maximum atomic E-state index is 12.7. The largest absolute Gasteiger partial charge is 0.471 e. The minimum atomic E-state index is -4.64. The third-order valence-corrected chi connectivity index (χ3v) is 3.94. The molecule has 2 rings (SSSR count). The number of alkyl halides is 5. The van der Waals surface area contributed by atoms with Crippen molar-refractivity contribution in [1.82, 2.24) is 15.3 Å². The lowest BCUT2D eigenvalue weighted by Crippen LogP contribution is -2.28. The van der Waals surface area contributed by atoms with Crippen LogP contribution in [0.3, 0.4) is 0 Å². The molecule has 180 valence electrons. The monoisotopic (exact) mass is 476 g/mol. The summed E-state index contributed by atoms with van der Waals surface area (Å²) in [4.78, 5) is 31.8. The predicted molar refractivity (Wildman–Crippen MR) is 106 cm³/mol. The Morgan fingerprint density at radius 2 is 1.82 bits per heavy atom. The summed E-state index contributed by atoms with van der Waals surface area (Å²) in [5.41, 5.74) is 0.855. The van der Waals surface area contributed by atoms with Gasteiger partial charge in [0.05, 0.1) is 6.04 Å². The van der Waals surface area contributed by atoms with Crippen LogP contribution in [0.4, 0.5) is 27.8 Å². The lowest BCUT2D eigenvalue weighted by atomic mass is 10.1. The summed E-state index contributed by atoms with van der Waals surface area (Å²) < 4.78 is 71.6. The highest BCUT2D eigenvalue weighted by Crippen LogP contribution is 2.24. The second-order valence-corrected chi connectivity index (χ2v) is 6.91. The minimum absolute atomic E-state index is 0.271. The predicted octanol–water partition coefficient (Wildman–Crippen LogP) is 3.82. The zero-order valence-corrected chi connectivity index (χ0v) is 17.8. The van der Waals surface area contributed by atoms with Gasteiger partial charge in [-0.05, 0) is 37.6 Å². The molecule has 2 aromatic rings. The van der Waals surface area contributed by atoms with Crippen molar-refractivity contribution >= 4 is 17.6 Å². The van der Waals surface area contributed by atoms with Crippen LogP contribution in [-0.4, -0.2) is 47.6 Å². The summed E-state index contributed by atoms with van der Waals surface area (Å²) in [6.07, 6.45) is -7.55. The average molecular weight is 476 g/mol. The zero-order valence-electron chi connectivity index (χ0n) is 17.8. The van der Waals surface area contributed by atoms with E-state index >= 15 is 0 Å². The summed E-state index contributed by atoms with van der Waals surface area (Å²) in [5, 5.41) is 5.15. The second-order valence-electron chi connectivity index (χ2n) is 6.91. The van der Waals surface area contributed by atoms with Gasteiger partial charge in [0.1, 0.15) is 11.4 Å². The van der Waals surface area contributed by atoms with Crippen molar-refractivity contribution in [2.24, 2.45) is 0 Å². The van der Waals surface area contributed by atoms with Crippen molar-refractivity contribution < 1.29 is 41.0 Å². The number of hydrogen-bond donors (Lipinski definition) is 2. The van der Waals surface area contributed by atoms with E-state index in [1.807, 2.05) is 0 Å². The Balaban J connectivity index is 2.24. The van der Waals surface area contributed by atoms with E-state index in [1.165, 1.54) is 6.92 Å². The number of carbonyl (C=O) groups is 2. The molecule has 1 atom stereocenters. The lowest BCUT2D eigenvalue weighted by Gasteiger charge is -2.18. The fourth-order valence-corrected chi connectivity index (χ4v) is 2.63. The van der Waals surface area contributed by atoms with Gasteiger partial charge in [0.15, 0.2) is 13.2 Å². The van der Waals surface area contributed by atoms with Gasteiger partial charge >= 0.3 is 6.18 Å². The number of aryl methyl sites for hydroxylation is 1. The first-order valence-electron chi connectivity index (χ1n) is 9.52. The SMILES string of the molecule is CC(=O)Nc1cc(C(C)NC(=O)c2ccc(OCC(F)(F)F)nc2OCC(F)F)cc(C)n1. The summed E-state index contributed by atoms with van der Waals surface area (Å²) in [6, 6.07) is 4.63. The number of nitrogens with zero attached hydrogens (tertiary/aromatic N) is 2. The fourth-order valence-electron chi connectivity index (χ4n) is 2.63. The molecule has 2 heterocycles. The van der Waals surface area contributed by atoms with Crippen molar-refractivity contribution in [3.8, 4) is 11.8 Å². The van der Waals surface area contributed by atoms with E-state index in [2.05, 4.69) is 25.3 Å². The van der Waals surface area contributed by atoms with Gasteiger partial charge in [-0.25, -0.2) is 13.8 Å². The Morgan fingerprint density at radius 3 is 2.42 bits per heavy atom. The van der Waals surface area contributed by atoms with E-state index in [0.29, 0.717) is 11.3 Å². The zero-order chi connectivity index (χ0) is 24.8. The molecular weight excluding hydrogens is 455 g/mol. The summed E-state index contributed by atoms with van der Waals surface area (Å²) in [7, 11) is 0. The molecule has 0 fully saturated rings. The molecule has 2 N–H and O–H groups in total. The van der Waals surface area contributed by atoms with E-state index < -0.39 is 49.5 Å². The molecule has 0 saturated carbocycles. The molecule has 0 radical (unpaired) electrons. The molecular formula is C20H21F5N4O4. The van der Waals surface area contributed by atoms with Crippen molar-refractivity contribution in [1.29, 1.82) is 0 Å². The maximum Gasteiger partial charge on any atom is 0.422 e. The Morgan fingerprint density at radius 1 is 1.12 bits per heavy atom. The fraction of sp³-hybridized carbons (Fsp3) is 0.400. The summed E-state index contributed by atoms with van der Waals surface area (Å²) >= 11 is 0. The molecule has 2 aromatic heterocycles. The van der Waals surface area contributed by atoms with Crippen LogP contribution in [0, 0.1) is 6.92 Å². The molecule has 0 aromatic carbocycles. The number of ether oxygens (including phenoxy) is 2. The van der Waals surface area contributed by atoms with Crippen LogP contribution in [0.15, 0.2) is 24.3 Å². The van der Waals surface area contributed by atoms with E-state index in [1.54, 1.807) is 26.0 Å². The normalized spacial score (nSPS) is 12.3. The minimum Gasteiger partial charge on any atom is -0.471 e. The molecule has 0 aliphatic carbocycles. The number of rotatable bonds is 9. The Hall–Kier alpha value is -3.51. The first kappa shape index (κ1) is 25.7. The van der Waals surface area contributed by atoms with Gasteiger partial charge in [-0.2, -0.15) is 18.2 Å². The van der Waals surface area contributed by atoms with Gasteiger partial charge in [0.2, 0.25) is 17.7 Å². The van der Waals surface area contributed by atoms with Crippen LogP contribution in [-0.2, 0) is 4.79 Å². The van der Waals surface area contributed by atoms with Crippen LogP contribution >= 0.6 is 0 Å². The van der Waals surface area contributed by atoms with Crippen LogP contribution in [0.5, 0.6) is 11.8 Å². The van der Waals surface area contributed by atoms with Crippen molar-refractivity contribution in [3.63, 3.8) is 0 Å². The highest BCUT2D eigenvalue weighted by molar-refractivity contribution is 5.96. The van der Waals surface area contributed by atoms with Gasteiger partial charge in [0.25, 0.3) is 12.3 Å². The van der Waals surface area contributed by atoms with Crippen LogP contribution in [0.25, 0.3) is 0 Å². The van der Waals surface area contributed by atoms with Gasteiger partial charge in [-0.1, -0.05) is 0 Å². The highest BCUT2D eigenvalue weighted by Gasteiger charge is 2.29. The van der Waals surface area contributed by atoms with Gasteiger partial charge < -0.3 is 20.1 Å².